The number of fused-ring (bicyclic) bond motifs is 2. The van der Waals surface area contributed by atoms with Gasteiger partial charge in [-0.25, -0.2) is 8.78 Å². The number of nitrogens with one attached hydrogen (secondary N) is 2. The molecule has 2 aromatic carbocycles. The minimum Gasteiger partial charge on any atom is -0.404 e. The number of halogens is 2. The predicted molar refractivity (Wildman–Crippen MR) is 121 cm³/mol. The van der Waals surface area contributed by atoms with Crippen molar-refractivity contribution in [3.63, 3.8) is 0 Å². The number of nitrogens with zero attached hydrogens (tertiary/aromatic N) is 2. The van der Waals surface area contributed by atoms with Gasteiger partial charge in [0.25, 0.3) is 6.43 Å². The van der Waals surface area contributed by atoms with E-state index < -0.39 is 6.43 Å². The van der Waals surface area contributed by atoms with Gasteiger partial charge in [-0.15, -0.1) is 0 Å². The van der Waals surface area contributed by atoms with E-state index in [-0.39, 0.29) is 17.5 Å². The molecule has 0 aliphatic carbocycles. The Labute approximate surface area is 179 Å². The molecule has 1 atom stereocenters. The van der Waals surface area contributed by atoms with E-state index in [2.05, 4.69) is 15.6 Å². The summed E-state index contributed by atoms with van der Waals surface area (Å²) < 4.78 is 28.1. The molecule has 2 aromatic rings. The Kier molecular flexibility index (Phi) is 5.63. The van der Waals surface area contributed by atoms with Crippen LogP contribution in [0.3, 0.4) is 0 Å². The number of allylic oxidation sites excluding steroid dienone is 1. The van der Waals surface area contributed by atoms with E-state index in [4.69, 9.17) is 5.73 Å². The fourth-order valence-corrected chi connectivity index (χ4v) is 4.21. The number of carbonyl (C=O) groups is 1. The summed E-state index contributed by atoms with van der Waals surface area (Å²) in [6.45, 7) is 2.47. The standard InChI is InChI=1S/C23H25F2N5O/c1-13-23(31)29-18-6-3-7-19(21(18)28-13)30-8-4-5-14-9-16(15(11-26)12-27-2)17(22(24)25)10-20(14)30/h3,6-7,9-13,22,28H,4-5,8,26H2,1-2H3,(H,29,31)/t13-/m1/s1. The molecule has 1 amide bonds. The van der Waals surface area contributed by atoms with E-state index in [9.17, 15) is 13.6 Å². The van der Waals surface area contributed by atoms with Crippen LogP contribution in [0.5, 0.6) is 0 Å². The zero-order valence-electron chi connectivity index (χ0n) is 17.5. The molecular formula is C23H25F2N5O. The van der Waals surface area contributed by atoms with Gasteiger partial charge in [0.05, 0.1) is 17.1 Å². The van der Waals surface area contributed by atoms with Gasteiger partial charge in [-0.3, -0.25) is 9.79 Å². The van der Waals surface area contributed by atoms with Crippen LogP contribution in [0.25, 0.3) is 5.57 Å². The van der Waals surface area contributed by atoms with Gasteiger partial charge in [0.1, 0.15) is 6.04 Å². The highest BCUT2D eigenvalue weighted by molar-refractivity contribution is 6.10. The second kappa shape index (κ2) is 8.37. The van der Waals surface area contributed by atoms with Crippen LogP contribution in [-0.2, 0) is 11.2 Å². The molecule has 2 heterocycles. The van der Waals surface area contributed by atoms with Crippen LogP contribution in [0.4, 0.5) is 31.5 Å². The van der Waals surface area contributed by atoms with Crippen molar-refractivity contribution < 1.29 is 13.6 Å². The molecule has 0 bridgehead atoms. The number of anilines is 4. The molecule has 2 aliphatic rings. The number of aliphatic imine (C=N–C) groups is 1. The molecule has 4 N–H and O–H groups in total. The highest BCUT2D eigenvalue weighted by Crippen LogP contribution is 2.44. The molecule has 31 heavy (non-hydrogen) atoms. The van der Waals surface area contributed by atoms with Crippen LogP contribution in [0.1, 0.15) is 36.5 Å². The lowest BCUT2D eigenvalue weighted by Crippen LogP contribution is -2.37. The molecule has 2 aliphatic heterocycles. The highest BCUT2D eigenvalue weighted by atomic mass is 19.3. The summed E-state index contributed by atoms with van der Waals surface area (Å²) in [5, 5.41) is 6.16. The smallest absolute Gasteiger partial charge is 0.264 e. The normalized spacial score (nSPS) is 18.6. The molecular weight excluding hydrogens is 400 g/mol. The number of rotatable bonds is 4. The van der Waals surface area contributed by atoms with Crippen molar-refractivity contribution in [2.24, 2.45) is 10.7 Å². The van der Waals surface area contributed by atoms with Crippen LogP contribution in [0.2, 0.25) is 0 Å². The maximum Gasteiger partial charge on any atom is 0.264 e. The van der Waals surface area contributed by atoms with Gasteiger partial charge in [-0.05, 0) is 55.2 Å². The maximum atomic E-state index is 14.0. The molecule has 0 radical (unpaired) electrons. The zero-order valence-corrected chi connectivity index (χ0v) is 17.5. The van der Waals surface area contributed by atoms with Crippen LogP contribution in [-0.4, -0.2) is 31.8 Å². The van der Waals surface area contributed by atoms with Gasteiger partial charge in [-0.1, -0.05) is 6.07 Å². The minimum atomic E-state index is -2.66. The molecule has 0 unspecified atom stereocenters. The zero-order chi connectivity index (χ0) is 22.1. The number of hydrogen-bond donors (Lipinski definition) is 3. The van der Waals surface area contributed by atoms with Crippen molar-refractivity contribution >= 4 is 40.4 Å². The van der Waals surface area contributed by atoms with E-state index in [1.165, 1.54) is 12.4 Å². The summed E-state index contributed by atoms with van der Waals surface area (Å²) >= 11 is 0. The summed E-state index contributed by atoms with van der Waals surface area (Å²) in [6.07, 6.45) is 1.79. The first kappa shape index (κ1) is 20.8. The second-order valence-electron chi connectivity index (χ2n) is 7.69. The van der Waals surface area contributed by atoms with E-state index in [0.717, 1.165) is 35.5 Å². The first-order valence-corrected chi connectivity index (χ1v) is 10.2. The van der Waals surface area contributed by atoms with E-state index in [0.29, 0.717) is 23.4 Å². The molecule has 0 spiro atoms. The van der Waals surface area contributed by atoms with E-state index in [1.807, 2.05) is 23.1 Å². The number of carbonyl (C=O) groups excluding carboxylic acids is 1. The molecule has 6 nitrogen and oxygen atoms in total. The molecule has 8 heteroatoms. The molecule has 0 aromatic heterocycles. The fourth-order valence-electron chi connectivity index (χ4n) is 4.21. The third kappa shape index (κ3) is 3.73. The summed E-state index contributed by atoms with van der Waals surface area (Å²) in [7, 11) is 1.58. The monoisotopic (exact) mass is 425 g/mol. The van der Waals surface area contributed by atoms with Crippen molar-refractivity contribution in [1.82, 2.24) is 0 Å². The van der Waals surface area contributed by atoms with Gasteiger partial charge in [-0.2, -0.15) is 0 Å². The van der Waals surface area contributed by atoms with E-state index in [1.54, 1.807) is 26.1 Å². The molecule has 162 valence electrons. The largest absolute Gasteiger partial charge is 0.404 e. The average Bonchev–Trinajstić information content (AvgIpc) is 2.76. The Morgan fingerprint density at radius 2 is 2.13 bits per heavy atom. The Morgan fingerprint density at radius 3 is 2.84 bits per heavy atom. The topological polar surface area (TPSA) is 82.8 Å². The van der Waals surface area contributed by atoms with Crippen molar-refractivity contribution in [3.8, 4) is 0 Å². The van der Waals surface area contributed by atoms with Gasteiger partial charge in [0.15, 0.2) is 0 Å². The highest BCUT2D eigenvalue weighted by Gasteiger charge is 2.29. The summed E-state index contributed by atoms with van der Waals surface area (Å²) in [5.74, 6) is -0.105. The van der Waals surface area contributed by atoms with Crippen LogP contribution < -0.4 is 21.3 Å². The molecule has 0 fully saturated rings. The maximum absolute atomic E-state index is 14.0. The quantitative estimate of drug-likeness (QED) is 0.632. The predicted octanol–water partition coefficient (Wildman–Crippen LogP) is 4.46. The molecule has 0 saturated carbocycles. The SMILES string of the molecule is CN=CC(=CN)c1cc2c(cc1C(F)F)N(c1cccc3c1N[C@H](C)C(=O)N3)CCC2. The fraction of sp³-hybridized carbons (Fsp3) is 0.304. The van der Waals surface area contributed by atoms with Crippen LogP contribution in [0.15, 0.2) is 41.5 Å². The lowest BCUT2D eigenvalue weighted by Gasteiger charge is -2.36. The molecule has 4 rings (SSSR count). The van der Waals surface area contributed by atoms with Crippen LogP contribution in [0, 0.1) is 0 Å². The number of benzene rings is 2. The number of alkyl halides is 2. The second-order valence-corrected chi connectivity index (χ2v) is 7.69. The number of hydrogen-bond acceptors (Lipinski definition) is 5. The van der Waals surface area contributed by atoms with Gasteiger partial charge in [0.2, 0.25) is 5.91 Å². The summed E-state index contributed by atoms with van der Waals surface area (Å²) in [6, 6.07) is 8.60. The summed E-state index contributed by atoms with van der Waals surface area (Å²) in [4.78, 5) is 18.0. The van der Waals surface area contributed by atoms with E-state index >= 15 is 0 Å². The third-order valence-electron chi connectivity index (χ3n) is 5.71. The van der Waals surface area contributed by atoms with Crippen LogP contribution >= 0.6 is 0 Å². The number of nitrogens with two attached hydrogens (primary N) is 1. The van der Waals surface area contributed by atoms with Gasteiger partial charge >= 0.3 is 0 Å². The lowest BCUT2D eigenvalue weighted by atomic mass is 9.92. The number of para-hydroxylation sites is 1. The first-order chi connectivity index (χ1) is 14.9. The lowest BCUT2D eigenvalue weighted by molar-refractivity contribution is -0.116. The Balaban J connectivity index is 1.86. The van der Waals surface area contributed by atoms with Gasteiger partial charge < -0.3 is 21.3 Å². The van der Waals surface area contributed by atoms with Crippen molar-refractivity contribution in [1.29, 1.82) is 0 Å². The number of amides is 1. The van der Waals surface area contributed by atoms with Gasteiger partial charge in [0, 0.05) is 42.8 Å². The van der Waals surface area contributed by atoms with Crippen molar-refractivity contribution in [2.75, 3.05) is 29.1 Å². The molecule has 0 saturated heterocycles. The van der Waals surface area contributed by atoms with Crippen molar-refractivity contribution in [2.45, 2.75) is 32.2 Å². The van der Waals surface area contributed by atoms with Crippen molar-refractivity contribution in [3.05, 3.63) is 53.2 Å². The minimum absolute atomic E-state index is 0.0818. The Bertz CT molecular complexity index is 1080. The number of aryl methyl sites for hydroxylation is 1. The Morgan fingerprint density at radius 1 is 1.32 bits per heavy atom. The first-order valence-electron chi connectivity index (χ1n) is 10.2. The Hall–Kier alpha value is -3.42. The third-order valence-corrected chi connectivity index (χ3v) is 5.71. The summed E-state index contributed by atoms with van der Waals surface area (Å²) in [5.41, 5.74) is 10.5. The average molecular weight is 425 g/mol.